The van der Waals surface area contributed by atoms with Crippen molar-refractivity contribution in [2.75, 3.05) is 11.1 Å². The Hall–Kier alpha value is -2.18. The molecule has 1 unspecified atom stereocenters. The number of tetrazole rings is 1. The first-order valence-corrected chi connectivity index (χ1v) is 4.46. The normalized spacial score (nSPS) is 12.3. The number of aromatic nitrogens is 5. The van der Waals surface area contributed by atoms with E-state index in [-0.39, 0.29) is 6.04 Å². The number of hydrogen-bond donors (Lipinski definition) is 3. The van der Waals surface area contributed by atoms with Crippen LogP contribution in [-0.2, 0) is 0 Å². The predicted octanol–water partition coefficient (Wildman–Crippen LogP) is 0.350. The molecule has 1 atom stereocenters. The summed E-state index contributed by atoms with van der Waals surface area (Å²) >= 11 is 0. The Balaban J connectivity index is 2.13. The highest BCUT2D eigenvalue weighted by atomic mass is 15.5. The fraction of sp³-hybridized carbons (Fsp3) is 0.250. The third-order valence-corrected chi connectivity index (χ3v) is 1.97. The number of rotatable bonds is 3. The molecule has 15 heavy (non-hydrogen) atoms. The van der Waals surface area contributed by atoms with Crippen molar-refractivity contribution in [2.45, 2.75) is 13.0 Å². The first kappa shape index (κ1) is 9.38. The lowest BCUT2D eigenvalue weighted by atomic mass is 10.2. The van der Waals surface area contributed by atoms with E-state index in [0.717, 1.165) is 5.69 Å². The van der Waals surface area contributed by atoms with Gasteiger partial charge in [-0.05, 0) is 13.0 Å². The topological polar surface area (TPSA) is 105 Å². The molecule has 7 nitrogen and oxygen atoms in total. The molecule has 4 N–H and O–H groups in total. The standard InChI is InChI=1S/C8H11N7/c1-5(8-12-14-15-13-8)11-7-2-3-10-4-6(7)9/h2-5H,9H2,1H3,(H,10,11)(H,12,13,14,15). The van der Waals surface area contributed by atoms with E-state index < -0.39 is 0 Å². The number of aromatic amines is 1. The zero-order valence-electron chi connectivity index (χ0n) is 8.18. The van der Waals surface area contributed by atoms with Crippen molar-refractivity contribution in [3.63, 3.8) is 0 Å². The molecule has 0 amide bonds. The highest BCUT2D eigenvalue weighted by Gasteiger charge is 2.10. The van der Waals surface area contributed by atoms with Gasteiger partial charge in [0.25, 0.3) is 0 Å². The van der Waals surface area contributed by atoms with Crippen LogP contribution in [0.3, 0.4) is 0 Å². The SMILES string of the molecule is CC(Nc1ccncc1N)c1nn[nH]n1. The highest BCUT2D eigenvalue weighted by Crippen LogP contribution is 2.20. The number of H-pyrrole nitrogens is 1. The number of nitrogens with one attached hydrogen (secondary N) is 2. The van der Waals surface area contributed by atoms with E-state index in [4.69, 9.17) is 5.73 Å². The summed E-state index contributed by atoms with van der Waals surface area (Å²) in [5, 5.41) is 16.8. The van der Waals surface area contributed by atoms with E-state index in [0.29, 0.717) is 11.5 Å². The summed E-state index contributed by atoms with van der Waals surface area (Å²) in [5.41, 5.74) is 7.13. The monoisotopic (exact) mass is 205 g/mol. The van der Waals surface area contributed by atoms with Crippen LogP contribution in [0.25, 0.3) is 0 Å². The van der Waals surface area contributed by atoms with E-state index in [9.17, 15) is 0 Å². The minimum atomic E-state index is -0.0616. The Morgan fingerprint density at radius 1 is 1.53 bits per heavy atom. The van der Waals surface area contributed by atoms with Crippen LogP contribution in [0, 0.1) is 0 Å². The van der Waals surface area contributed by atoms with Crippen LogP contribution in [0.4, 0.5) is 11.4 Å². The maximum atomic E-state index is 5.73. The number of hydrogen-bond acceptors (Lipinski definition) is 6. The second-order valence-electron chi connectivity index (χ2n) is 3.10. The summed E-state index contributed by atoms with van der Waals surface area (Å²) in [5.74, 6) is 0.589. The Morgan fingerprint density at radius 2 is 2.40 bits per heavy atom. The molecular formula is C8H11N7. The summed E-state index contributed by atoms with van der Waals surface area (Å²) in [6, 6.07) is 1.74. The average Bonchev–Trinajstić information content (AvgIpc) is 2.74. The number of anilines is 2. The van der Waals surface area contributed by atoms with Crippen molar-refractivity contribution in [1.82, 2.24) is 25.6 Å². The molecule has 2 rings (SSSR count). The quantitative estimate of drug-likeness (QED) is 0.667. The van der Waals surface area contributed by atoms with Crippen LogP contribution in [0.5, 0.6) is 0 Å². The van der Waals surface area contributed by atoms with Gasteiger partial charge in [-0.25, -0.2) is 0 Å². The molecule has 0 spiro atoms. The first-order chi connectivity index (χ1) is 7.27. The molecule has 78 valence electrons. The summed E-state index contributed by atoms with van der Waals surface area (Å²) in [6.45, 7) is 1.92. The van der Waals surface area contributed by atoms with Gasteiger partial charge in [0.15, 0.2) is 5.82 Å². The lowest BCUT2D eigenvalue weighted by Gasteiger charge is -2.12. The molecule has 2 heterocycles. The lowest BCUT2D eigenvalue weighted by Crippen LogP contribution is -2.10. The van der Waals surface area contributed by atoms with Gasteiger partial charge in [-0.15, -0.1) is 10.2 Å². The van der Waals surface area contributed by atoms with E-state index >= 15 is 0 Å². The van der Waals surface area contributed by atoms with Crippen molar-refractivity contribution in [3.05, 3.63) is 24.3 Å². The van der Waals surface area contributed by atoms with Crippen molar-refractivity contribution in [1.29, 1.82) is 0 Å². The maximum absolute atomic E-state index is 5.73. The van der Waals surface area contributed by atoms with Gasteiger partial charge < -0.3 is 11.1 Å². The van der Waals surface area contributed by atoms with Crippen LogP contribution in [-0.4, -0.2) is 25.6 Å². The minimum absolute atomic E-state index is 0.0616. The Bertz CT molecular complexity index is 424. The molecular weight excluding hydrogens is 194 g/mol. The molecule has 0 aliphatic rings. The van der Waals surface area contributed by atoms with E-state index in [1.165, 1.54) is 0 Å². The number of nitrogens with two attached hydrogens (primary N) is 1. The van der Waals surface area contributed by atoms with Crippen molar-refractivity contribution in [3.8, 4) is 0 Å². The summed E-state index contributed by atoms with van der Waals surface area (Å²) < 4.78 is 0. The van der Waals surface area contributed by atoms with Gasteiger partial charge in [-0.2, -0.15) is 5.21 Å². The molecule has 0 radical (unpaired) electrons. The number of nitrogen functional groups attached to an aromatic ring is 1. The zero-order valence-corrected chi connectivity index (χ0v) is 8.18. The smallest absolute Gasteiger partial charge is 0.196 e. The molecule has 0 aliphatic heterocycles. The second kappa shape index (κ2) is 3.91. The summed E-state index contributed by atoms with van der Waals surface area (Å²) in [6.07, 6.45) is 3.26. The fourth-order valence-corrected chi connectivity index (χ4v) is 1.19. The van der Waals surface area contributed by atoms with Crippen LogP contribution < -0.4 is 11.1 Å². The van der Waals surface area contributed by atoms with E-state index in [2.05, 4.69) is 30.9 Å². The van der Waals surface area contributed by atoms with E-state index in [1.54, 1.807) is 18.5 Å². The second-order valence-corrected chi connectivity index (χ2v) is 3.10. The molecule has 0 bridgehead atoms. The first-order valence-electron chi connectivity index (χ1n) is 4.46. The highest BCUT2D eigenvalue weighted by molar-refractivity contribution is 5.64. The minimum Gasteiger partial charge on any atom is -0.396 e. The third kappa shape index (κ3) is 2.01. The van der Waals surface area contributed by atoms with Crippen LogP contribution >= 0.6 is 0 Å². The predicted molar refractivity (Wildman–Crippen MR) is 54.9 cm³/mol. The third-order valence-electron chi connectivity index (χ3n) is 1.97. The zero-order chi connectivity index (χ0) is 10.7. The Kier molecular flexibility index (Phi) is 2.44. The average molecular weight is 205 g/mol. The maximum Gasteiger partial charge on any atom is 0.196 e. The van der Waals surface area contributed by atoms with E-state index in [1.807, 2.05) is 6.92 Å². The molecule has 0 saturated heterocycles. The van der Waals surface area contributed by atoms with Crippen molar-refractivity contribution in [2.24, 2.45) is 0 Å². The summed E-state index contributed by atoms with van der Waals surface area (Å²) in [7, 11) is 0. The van der Waals surface area contributed by atoms with Crippen LogP contribution in [0.15, 0.2) is 18.5 Å². The number of nitrogens with zero attached hydrogens (tertiary/aromatic N) is 4. The van der Waals surface area contributed by atoms with Gasteiger partial charge in [0, 0.05) is 6.20 Å². The van der Waals surface area contributed by atoms with Gasteiger partial charge in [-0.1, -0.05) is 5.21 Å². The molecule has 0 aliphatic carbocycles. The van der Waals surface area contributed by atoms with Crippen LogP contribution in [0.2, 0.25) is 0 Å². The summed E-state index contributed by atoms with van der Waals surface area (Å²) in [4.78, 5) is 3.90. The molecule has 0 fully saturated rings. The van der Waals surface area contributed by atoms with Gasteiger partial charge in [-0.3, -0.25) is 4.98 Å². The molecule has 2 aromatic heterocycles. The molecule has 7 heteroatoms. The lowest BCUT2D eigenvalue weighted by molar-refractivity contribution is 0.794. The van der Waals surface area contributed by atoms with Crippen molar-refractivity contribution >= 4 is 11.4 Å². The molecule has 0 saturated carbocycles. The van der Waals surface area contributed by atoms with Gasteiger partial charge >= 0.3 is 0 Å². The largest absolute Gasteiger partial charge is 0.396 e. The molecule has 0 aromatic carbocycles. The van der Waals surface area contributed by atoms with Crippen LogP contribution in [0.1, 0.15) is 18.8 Å². The Morgan fingerprint density at radius 3 is 3.07 bits per heavy atom. The van der Waals surface area contributed by atoms with Gasteiger partial charge in [0.2, 0.25) is 0 Å². The fourth-order valence-electron chi connectivity index (χ4n) is 1.19. The Labute approximate surface area is 86.1 Å². The van der Waals surface area contributed by atoms with Crippen molar-refractivity contribution < 1.29 is 0 Å². The number of pyridine rings is 1. The molecule has 2 aromatic rings. The van der Waals surface area contributed by atoms with Gasteiger partial charge in [0.1, 0.15) is 0 Å². The van der Waals surface area contributed by atoms with Gasteiger partial charge in [0.05, 0.1) is 23.6 Å².